The van der Waals surface area contributed by atoms with E-state index in [0.29, 0.717) is 5.56 Å². The number of alkyl halides is 2. The lowest BCUT2D eigenvalue weighted by Crippen LogP contribution is -2.34. The van der Waals surface area contributed by atoms with Crippen LogP contribution in [0.5, 0.6) is 0 Å². The van der Waals surface area contributed by atoms with Crippen LogP contribution in [0.15, 0.2) is 59.1 Å². The number of hydrogen-bond donors (Lipinski definition) is 1. The Bertz CT molecular complexity index is 1400. The maximum Gasteiger partial charge on any atom is 0.314 e. The van der Waals surface area contributed by atoms with Gasteiger partial charge in [-0.2, -0.15) is 13.2 Å². The second kappa shape index (κ2) is 8.87. The molecule has 0 saturated heterocycles. The van der Waals surface area contributed by atoms with Gasteiger partial charge in [0, 0.05) is 17.7 Å². The lowest BCUT2D eigenvalue weighted by Gasteiger charge is -2.31. The molecule has 3 aromatic heterocycles. The van der Waals surface area contributed by atoms with Crippen molar-refractivity contribution in [1.29, 1.82) is 0 Å². The minimum atomic E-state index is -2.94. The molecule has 1 amide bonds. The normalized spacial score (nSPS) is 14.9. The molecule has 2 unspecified atom stereocenters. The summed E-state index contributed by atoms with van der Waals surface area (Å²) in [6, 6.07) is 9.72. The van der Waals surface area contributed by atoms with Crippen LogP contribution in [0.25, 0.3) is 11.5 Å². The Balaban J connectivity index is 1.52. The van der Waals surface area contributed by atoms with E-state index in [9.17, 15) is 27.5 Å². The zero-order chi connectivity index (χ0) is 24.7. The number of amides is 1. The van der Waals surface area contributed by atoms with Gasteiger partial charge in [-0.05, 0) is 42.0 Å². The molecule has 12 heteroatoms. The summed E-state index contributed by atoms with van der Waals surface area (Å²) in [5, 5.41) is 18.0. The van der Waals surface area contributed by atoms with E-state index in [4.69, 9.17) is 4.42 Å². The van der Waals surface area contributed by atoms with Gasteiger partial charge >= 0.3 is 6.43 Å². The number of pyridine rings is 2. The topological polar surface area (TPSA) is 105 Å². The van der Waals surface area contributed by atoms with Crippen LogP contribution in [-0.4, -0.2) is 36.1 Å². The number of benzene rings is 1. The van der Waals surface area contributed by atoms with Crippen molar-refractivity contribution in [2.24, 2.45) is 0 Å². The molecule has 178 valence electrons. The molecule has 0 spiro atoms. The van der Waals surface area contributed by atoms with Crippen molar-refractivity contribution in [3.8, 4) is 11.5 Å². The van der Waals surface area contributed by atoms with Gasteiger partial charge in [0.15, 0.2) is 0 Å². The molecule has 1 aliphatic heterocycles. The summed E-state index contributed by atoms with van der Waals surface area (Å²) in [6.45, 7) is 0.0384. The molecule has 35 heavy (non-hydrogen) atoms. The van der Waals surface area contributed by atoms with Gasteiger partial charge in [0.05, 0.1) is 17.6 Å². The van der Waals surface area contributed by atoms with Gasteiger partial charge < -0.3 is 14.4 Å². The Kier molecular flexibility index (Phi) is 5.73. The SMILES string of the molecule is O=C1c2cc(-c3nnc(C(F)F)o3)ccc2CN1C(c1ccc(F)cn1)C(O)c1cccc(F)n1. The maximum absolute atomic E-state index is 13.7. The highest BCUT2D eigenvalue weighted by atomic mass is 19.3. The maximum atomic E-state index is 13.7. The number of aromatic nitrogens is 4. The van der Waals surface area contributed by atoms with E-state index in [2.05, 4.69) is 20.2 Å². The number of carbonyl (C=O) groups is 1. The number of carbonyl (C=O) groups excluding carboxylic acids is 1. The summed E-state index contributed by atoms with van der Waals surface area (Å²) >= 11 is 0. The molecule has 5 rings (SSSR count). The molecule has 2 atom stereocenters. The van der Waals surface area contributed by atoms with Crippen molar-refractivity contribution in [1.82, 2.24) is 25.1 Å². The molecule has 4 heterocycles. The standard InChI is InChI=1S/C23H15F4N5O3/c24-13-6-7-15(28-9-13)18(19(33)16-2-1-3-17(25)29-16)32-10-12-5-4-11(8-14(12)23(32)34)21-30-31-22(35-21)20(26)27/h1-9,18-20,33H,10H2. The molecule has 1 aromatic carbocycles. The van der Waals surface area contributed by atoms with Crippen molar-refractivity contribution < 1.29 is 31.9 Å². The van der Waals surface area contributed by atoms with Crippen molar-refractivity contribution in [2.75, 3.05) is 0 Å². The Morgan fingerprint density at radius 3 is 2.54 bits per heavy atom. The Morgan fingerprint density at radius 2 is 1.86 bits per heavy atom. The minimum absolute atomic E-state index is 0.0384. The van der Waals surface area contributed by atoms with E-state index in [1.165, 1.54) is 35.2 Å². The first-order valence-electron chi connectivity index (χ1n) is 10.3. The van der Waals surface area contributed by atoms with E-state index in [1.54, 1.807) is 6.07 Å². The fraction of sp³-hybridized carbons (Fsp3) is 0.174. The number of halogens is 4. The van der Waals surface area contributed by atoms with Crippen LogP contribution in [0.4, 0.5) is 17.6 Å². The first kappa shape index (κ1) is 22.6. The van der Waals surface area contributed by atoms with Crippen molar-refractivity contribution in [3.63, 3.8) is 0 Å². The molecule has 0 saturated carbocycles. The smallest absolute Gasteiger partial charge is 0.314 e. The summed E-state index contributed by atoms with van der Waals surface area (Å²) in [7, 11) is 0. The van der Waals surface area contributed by atoms with E-state index in [0.717, 1.165) is 18.3 Å². The molecule has 8 nitrogen and oxygen atoms in total. The predicted octanol–water partition coefficient (Wildman–Crippen LogP) is 4.17. The van der Waals surface area contributed by atoms with Crippen molar-refractivity contribution >= 4 is 5.91 Å². The summed E-state index contributed by atoms with van der Waals surface area (Å²) in [4.78, 5) is 22.4. The Hall–Kier alpha value is -4.19. The lowest BCUT2D eigenvalue weighted by atomic mass is 10.0. The zero-order valence-corrected chi connectivity index (χ0v) is 17.6. The number of rotatable bonds is 6. The first-order chi connectivity index (χ1) is 16.8. The van der Waals surface area contributed by atoms with Crippen LogP contribution in [0.1, 0.15) is 51.8 Å². The predicted molar refractivity (Wildman–Crippen MR) is 111 cm³/mol. The summed E-state index contributed by atoms with van der Waals surface area (Å²) < 4.78 is 57.8. The van der Waals surface area contributed by atoms with Crippen LogP contribution >= 0.6 is 0 Å². The molecule has 4 aromatic rings. The van der Waals surface area contributed by atoms with E-state index in [-0.39, 0.29) is 35.0 Å². The molecule has 0 aliphatic carbocycles. The number of aliphatic hydroxyl groups is 1. The van der Waals surface area contributed by atoms with Gasteiger partial charge in [-0.1, -0.05) is 12.1 Å². The van der Waals surface area contributed by atoms with Crippen LogP contribution in [-0.2, 0) is 6.54 Å². The van der Waals surface area contributed by atoms with E-state index < -0.39 is 42.1 Å². The molecule has 1 N–H and O–H groups in total. The number of fused-ring (bicyclic) bond motifs is 1. The summed E-state index contributed by atoms with van der Waals surface area (Å²) in [6.07, 6.45) is -3.49. The average molecular weight is 485 g/mol. The molecule has 1 aliphatic rings. The Morgan fingerprint density at radius 1 is 1.03 bits per heavy atom. The number of aliphatic hydroxyl groups excluding tert-OH is 1. The first-order valence-corrected chi connectivity index (χ1v) is 10.3. The molecular formula is C23H15F4N5O3. The molecule has 0 fully saturated rings. The third kappa shape index (κ3) is 4.23. The van der Waals surface area contributed by atoms with Gasteiger partial charge in [0.25, 0.3) is 11.8 Å². The van der Waals surface area contributed by atoms with Crippen LogP contribution < -0.4 is 0 Å². The van der Waals surface area contributed by atoms with Crippen LogP contribution in [0.2, 0.25) is 0 Å². The van der Waals surface area contributed by atoms with Gasteiger partial charge in [0.2, 0.25) is 11.8 Å². The molecular weight excluding hydrogens is 470 g/mol. The average Bonchev–Trinajstić information content (AvgIpc) is 3.46. The number of nitrogens with zero attached hydrogens (tertiary/aromatic N) is 5. The lowest BCUT2D eigenvalue weighted by molar-refractivity contribution is 0.0329. The third-order valence-corrected chi connectivity index (χ3v) is 5.54. The Labute approximate surface area is 194 Å². The molecule has 0 bridgehead atoms. The van der Waals surface area contributed by atoms with Crippen LogP contribution in [0.3, 0.4) is 0 Å². The van der Waals surface area contributed by atoms with Crippen molar-refractivity contribution in [2.45, 2.75) is 25.1 Å². The minimum Gasteiger partial charge on any atom is -0.415 e. The van der Waals surface area contributed by atoms with E-state index >= 15 is 0 Å². The highest BCUT2D eigenvalue weighted by Gasteiger charge is 2.39. The highest BCUT2D eigenvalue weighted by Crippen LogP contribution is 2.39. The van der Waals surface area contributed by atoms with Crippen molar-refractivity contribution in [3.05, 3.63) is 94.9 Å². The van der Waals surface area contributed by atoms with Crippen LogP contribution in [0, 0.1) is 11.8 Å². The fourth-order valence-electron chi connectivity index (χ4n) is 3.93. The monoisotopic (exact) mass is 485 g/mol. The molecule has 0 radical (unpaired) electrons. The highest BCUT2D eigenvalue weighted by molar-refractivity contribution is 5.99. The number of hydrogen-bond acceptors (Lipinski definition) is 7. The van der Waals surface area contributed by atoms with Gasteiger partial charge in [-0.15, -0.1) is 10.2 Å². The zero-order valence-electron chi connectivity index (χ0n) is 17.6. The summed E-state index contributed by atoms with van der Waals surface area (Å²) in [5.41, 5.74) is 1.15. The van der Waals surface area contributed by atoms with Gasteiger partial charge in [-0.25, -0.2) is 9.37 Å². The summed E-state index contributed by atoms with van der Waals surface area (Å²) in [5.74, 6) is -3.00. The quantitative estimate of drug-likeness (QED) is 0.323. The second-order valence-electron chi connectivity index (χ2n) is 7.73. The third-order valence-electron chi connectivity index (χ3n) is 5.54. The largest absolute Gasteiger partial charge is 0.415 e. The second-order valence-corrected chi connectivity index (χ2v) is 7.73. The van der Waals surface area contributed by atoms with Gasteiger partial charge in [-0.3, -0.25) is 9.78 Å². The van der Waals surface area contributed by atoms with E-state index in [1.807, 2.05) is 0 Å². The fourth-order valence-corrected chi connectivity index (χ4v) is 3.93. The van der Waals surface area contributed by atoms with Gasteiger partial charge in [0.1, 0.15) is 18.0 Å².